The van der Waals surface area contributed by atoms with Gasteiger partial charge in [0.2, 0.25) is 0 Å². The van der Waals surface area contributed by atoms with E-state index in [9.17, 15) is 18.0 Å². The fourth-order valence-corrected chi connectivity index (χ4v) is 1.50. The summed E-state index contributed by atoms with van der Waals surface area (Å²) in [6, 6.07) is 6.55. The molecule has 0 aliphatic carbocycles. The minimum absolute atomic E-state index is 0.246. The Balaban J connectivity index is 2.20. The molecular formula is C11H12F3NO3S. The number of nitrogens with two attached hydrogens (primary N) is 1. The molecule has 0 amide bonds. The standard InChI is InChI=1S/C11H12F3NO3S/c12-11(13,14)19-6-5-17-10(16)7-18-9-4-2-1-3-8(9)15/h1-4H,5-7,15H2. The Morgan fingerprint density at radius 3 is 2.63 bits per heavy atom. The SMILES string of the molecule is Nc1ccccc1OCC(=O)OCCSC(F)(F)F. The van der Waals surface area contributed by atoms with Gasteiger partial charge in [0, 0.05) is 5.75 Å². The summed E-state index contributed by atoms with van der Waals surface area (Å²) in [5.41, 5.74) is 1.62. The number of ether oxygens (including phenoxy) is 2. The van der Waals surface area contributed by atoms with Gasteiger partial charge in [0.15, 0.2) is 6.61 Å². The van der Waals surface area contributed by atoms with Crippen molar-refractivity contribution < 1.29 is 27.4 Å². The third kappa shape index (κ3) is 6.80. The number of para-hydroxylation sites is 2. The summed E-state index contributed by atoms with van der Waals surface area (Å²) in [5.74, 6) is -0.766. The van der Waals surface area contributed by atoms with Crippen molar-refractivity contribution in [3.8, 4) is 5.75 Å². The molecule has 106 valence electrons. The summed E-state index contributed by atoms with van der Waals surface area (Å²) in [6.45, 7) is -0.721. The average molecular weight is 295 g/mol. The molecule has 0 fully saturated rings. The number of halogens is 3. The molecule has 0 bridgehead atoms. The number of hydrogen-bond acceptors (Lipinski definition) is 5. The first-order valence-corrected chi connectivity index (χ1v) is 6.20. The van der Waals surface area contributed by atoms with Crippen LogP contribution in [0.2, 0.25) is 0 Å². The maximum Gasteiger partial charge on any atom is 0.441 e. The first-order chi connectivity index (χ1) is 8.88. The molecule has 0 aliphatic heterocycles. The monoisotopic (exact) mass is 295 g/mol. The summed E-state index contributed by atoms with van der Waals surface area (Å²) in [6.07, 6.45) is 0. The smallest absolute Gasteiger partial charge is 0.441 e. The van der Waals surface area contributed by atoms with Gasteiger partial charge in [-0.25, -0.2) is 4.79 Å². The number of carbonyl (C=O) groups excluding carboxylic acids is 1. The maximum atomic E-state index is 11.8. The zero-order valence-electron chi connectivity index (χ0n) is 9.77. The third-order valence-corrected chi connectivity index (χ3v) is 2.57. The third-order valence-electron chi connectivity index (χ3n) is 1.88. The number of thioether (sulfide) groups is 1. The molecule has 1 aromatic carbocycles. The Morgan fingerprint density at radius 1 is 1.32 bits per heavy atom. The van der Waals surface area contributed by atoms with E-state index in [4.69, 9.17) is 10.5 Å². The van der Waals surface area contributed by atoms with Crippen molar-refractivity contribution in [3.63, 3.8) is 0 Å². The van der Waals surface area contributed by atoms with Gasteiger partial charge in [-0.1, -0.05) is 12.1 Å². The predicted molar refractivity (Wildman–Crippen MR) is 65.8 cm³/mol. The summed E-state index contributed by atoms with van der Waals surface area (Å²) >= 11 is -0.246. The van der Waals surface area contributed by atoms with Gasteiger partial charge >= 0.3 is 11.5 Å². The molecule has 4 nitrogen and oxygen atoms in total. The maximum absolute atomic E-state index is 11.8. The second kappa shape index (κ2) is 7.13. The molecule has 0 aromatic heterocycles. The highest BCUT2D eigenvalue weighted by Crippen LogP contribution is 2.29. The van der Waals surface area contributed by atoms with Gasteiger partial charge in [-0.05, 0) is 23.9 Å². The van der Waals surface area contributed by atoms with Crippen molar-refractivity contribution in [3.05, 3.63) is 24.3 Å². The number of rotatable bonds is 6. The molecule has 2 N–H and O–H groups in total. The Labute approximate surface area is 112 Å². The van der Waals surface area contributed by atoms with Crippen LogP contribution in [0.4, 0.5) is 18.9 Å². The Morgan fingerprint density at radius 2 is 2.00 bits per heavy atom. The minimum atomic E-state index is -4.32. The van der Waals surface area contributed by atoms with E-state index < -0.39 is 18.1 Å². The van der Waals surface area contributed by atoms with Gasteiger partial charge in [-0.2, -0.15) is 13.2 Å². The highest BCUT2D eigenvalue weighted by atomic mass is 32.2. The van der Waals surface area contributed by atoms with Gasteiger partial charge < -0.3 is 15.2 Å². The summed E-state index contributed by atoms with van der Waals surface area (Å²) < 4.78 is 45.0. The van der Waals surface area contributed by atoms with Crippen molar-refractivity contribution in [1.29, 1.82) is 0 Å². The van der Waals surface area contributed by atoms with Crippen molar-refractivity contribution in [1.82, 2.24) is 0 Å². The van der Waals surface area contributed by atoms with Crippen LogP contribution in [0.5, 0.6) is 5.75 Å². The van der Waals surface area contributed by atoms with E-state index in [1.54, 1.807) is 24.3 Å². The van der Waals surface area contributed by atoms with Crippen LogP contribution in [0.15, 0.2) is 24.3 Å². The molecule has 8 heteroatoms. The largest absolute Gasteiger partial charge is 0.480 e. The van der Waals surface area contributed by atoms with E-state index in [0.29, 0.717) is 11.4 Å². The normalized spacial score (nSPS) is 11.1. The van der Waals surface area contributed by atoms with Crippen LogP contribution in [-0.4, -0.2) is 30.4 Å². The molecule has 0 heterocycles. The molecule has 0 aliphatic rings. The number of anilines is 1. The lowest BCUT2D eigenvalue weighted by Gasteiger charge is -2.09. The first kappa shape index (κ1) is 15.5. The molecule has 1 rings (SSSR count). The number of carbonyl (C=O) groups is 1. The van der Waals surface area contributed by atoms with Crippen molar-refractivity contribution in [2.45, 2.75) is 5.51 Å². The van der Waals surface area contributed by atoms with E-state index in [0.717, 1.165) is 0 Å². The number of esters is 1. The molecule has 1 aromatic rings. The summed E-state index contributed by atoms with van der Waals surface area (Å²) in [7, 11) is 0. The molecule has 19 heavy (non-hydrogen) atoms. The van der Waals surface area contributed by atoms with Gasteiger partial charge in [0.05, 0.1) is 5.69 Å². The molecule has 0 saturated carbocycles. The van der Waals surface area contributed by atoms with Crippen LogP contribution in [0, 0.1) is 0 Å². The lowest BCUT2D eigenvalue weighted by Crippen LogP contribution is -2.17. The average Bonchev–Trinajstić information content (AvgIpc) is 2.32. The molecule has 0 radical (unpaired) electrons. The van der Waals surface area contributed by atoms with Crippen LogP contribution in [-0.2, 0) is 9.53 Å². The molecule has 0 unspecified atom stereocenters. The topological polar surface area (TPSA) is 61.5 Å². The van der Waals surface area contributed by atoms with Crippen LogP contribution in [0.3, 0.4) is 0 Å². The minimum Gasteiger partial charge on any atom is -0.480 e. The molecule has 0 saturated heterocycles. The van der Waals surface area contributed by atoms with Gasteiger partial charge in [-0.15, -0.1) is 0 Å². The Kier molecular flexibility index (Phi) is 5.81. The van der Waals surface area contributed by atoms with E-state index in [2.05, 4.69) is 4.74 Å². The predicted octanol–water partition coefficient (Wildman–Crippen LogP) is 2.44. The molecule has 0 spiro atoms. The number of alkyl halides is 3. The zero-order chi connectivity index (χ0) is 14.3. The van der Waals surface area contributed by atoms with Crippen LogP contribution in [0.1, 0.15) is 0 Å². The van der Waals surface area contributed by atoms with Crippen molar-refractivity contribution in [2.24, 2.45) is 0 Å². The zero-order valence-corrected chi connectivity index (χ0v) is 10.6. The lowest BCUT2D eigenvalue weighted by molar-refractivity contribution is -0.145. The Hall–Kier alpha value is -1.57. The van der Waals surface area contributed by atoms with Gasteiger partial charge in [0.25, 0.3) is 0 Å². The van der Waals surface area contributed by atoms with Gasteiger partial charge in [0.1, 0.15) is 12.4 Å². The van der Waals surface area contributed by atoms with Crippen LogP contribution >= 0.6 is 11.8 Å². The first-order valence-electron chi connectivity index (χ1n) is 5.22. The number of nitrogen functional groups attached to an aromatic ring is 1. The summed E-state index contributed by atoms with van der Waals surface area (Å²) in [4.78, 5) is 11.2. The molecular weight excluding hydrogens is 283 g/mol. The van der Waals surface area contributed by atoms with E-state index >= 15 is 0 Å². The van der Waals surface area contributed by atoms with Gasteiger partial charge in [-0.3, -0.25) is 0 Å². The fourth-order valence-electron chi connectivity index (χ4n) is 1.10. The highest BCUT2D eigenvalue weighted by molar-refractivity contribution is 8.00. The highest BCUT2D eigenvalue weighted by Gasteiger charge is 2.27. The summed E-state index contributed by atoms with van der Waals surface area (Å²) in [5, 5.41) is 0. The van der Waals surface area contributed by atoms with E-state index in [1.807, 2.05) is 0 Å². The van der Waals surface area contributed by atoms with Crippen molar-refractivity contribution >= 4 is 23.4 Å². The van der Waals surface area contributed by atoms with Crippen molar-refractivity contribution in [2.75, 3.05) is 24.7 Å². The lowest BCUT2D eigenvalue weighted by atomic mass is 10.3. The second-order valence-corrected chi connectivity index (χ2v) is 4.50. The Bertz CT molecular complexity index is 426. The van der Waals surface area contributed by atoms with Crippen LogP contribution < -0.4 is 10.5 Å². The van der Waals surface area contributed by atoms with E-state index in [1.165, 1.54) is 0 Å². The number of hydrogen-bond donors (Lipinski definition) is 1. The fraction of sp³-hybridized carbons (Fsp3) is 0.364. The molecule has 0 atom stereocenters. The quantitative estimate of drug-likeness (QED) is 0.496. The van der Waals surface area contributed by atoms with Crippen LogP contribution in [0.25, 0.3) is 0 Å². The second-order valence-electron chi connectivity index (χ2n) is 3.34. The van der Waals surface area contributed by atoms with E-state index in [-0.39, 0.29) is 24.1 Å². The number of benzene rings is 1.